The Morgan fingerprint density at radius 3 is 2.23 bits per heavy atom. The van der Waals surface area contributed by atoms with Crippen LogP contribution in [-0.4, -0.2) is 31.7 Å². The minimum absolute atomic E-state index is 0.372. The molecule has 0 saturated heterocycles. The molecule has 2 aromatic carbocycles. The van der Waals surface area contributed by atoms with E-state index in [0.29, 0.717) is 12.6 Å². The summed E-state index contributed by atoms with van der Waals surface area (Å²) in [5, 5.41) is 0. The fourth-order valence-corrected chi connectivity index (χ4v) is 3.27. The molecular weight excluding hydrogens is 322 g/mol. The SMILES string of the molecule is CCCN(CCC)C(C)c1ccc(OC)c(OCCc2ccccc2)c1. The molecule has 0 aromatic heterocycles. The van der Waals surface area contributed by atoms with Crippen molar-refractivity contribution in [3.63, 3.8) is 0 Å². The van der Waals surface area contributed by atoms with Gasteiger partial charge in [-0.3, -0.25) is 4.90 Å². The second-order valence-corrected chi connectivity index (χ2v) is 6.71. The maximum Gasteiger partial charge on any atom is 0.161 e. The highest BCUT2D eigenvalue weighted by Gasteiger charge is 2.16. The summed E-state index contributed by atoms with van der Waals surface area (Å²) in [6.07, 6.45) is 3.23. The molecule has 2 rings (SSSR count). The first-order valence-electron chi connectivity index (χ1n) is 9.78. The molecule has 3 nitrogen and oxygen atoms in total. The lowest BCUT2D eigenvalue weighted by Gasteiger charge is -2.29. The van der Waals surface area contributed by atoms with Gasteiger partial charge in [-0.1, -0.05) is 50.2 Å². The number of benzene rings is 2. The Balaban J connectivity index is 2.08. The van der Waals surface area contributed by atoms with Gasteiger partial charge < -0.3 is 9.47 Å². The van der Waals surface area contributed by atoms with Crippen LogP contribution in [0.25, 0.3) is 0 Å². The molecule has 0 N–H and O–H groups in total. The van der Waals surface area contributed by atoms with E-state index in [9.17, 15) is 0 Å². The van der Waals surface area contributed by atoms with E-state index in [1.165, 1.54) is 24.0 Å². The van der Waals surface area contributed by atoms with E-state index in [-0.39, 0.29) is 0 Å². The summed E-state index contributed by atoms with van der Waals surface area (Å²) in [5.41, 5.74) is 2.57. The molecule has 142 valence electrons. The van der Waals surface area contributed by atoms with Crippen LogP contribution >= 0.6 is 0 Å². The monoisotopic (exact) mass is 355 g/mol. The van der Waals surface area contributed by atoms with Gasteiger partial charge in [-0.2, -0.15) is 0 Å². The molecular formula is C23H33NO2. The van der Waals surface area contributed by atoms with Crippen molar-refractivity contribution in [1.29, 1.82) is 0 Å². The van der Waals surface area contributed by atoms with Gasteiger partial charge in [0.2, 0.25) is 0 Å². The fraction of sp³-hybridized carbons (Fsp3) is 0.478. The predicted molar refractivity (Wildman–Crippen MR) is 109 cm³/mol. The van der Waals surface area contributed by atoms with Crippen molar-refractivity contribution in [3.05, 3.63) is 59.7 Å². The summed E-state index contributed by atoms with van der Waals surface area (Å²) < 4.78 is 11.6. The summed E-state index contributed by atoms with van der Waals surface area (Å²) in [6, 6.07) is 17.1. The molecule has 0 aliphatic rings. The van der Waals surface area contributed by atoms with Gasteiger partial charge in [0.1, 0.15) is 0 Å². The largest absolute Gasteiger partial charge is 0.493 e. The van der Waals surface area contributed by atoms with E-state index in [1.54, 1.807) is 7.11 Å². The zero-order valence-corrected chi connectivity index (χ0v) is 16.7. The highest BCUT2D eigenvalue weighted by atomic mass is 16.5. The van der Waals surface area contributed by atoms with E-state index >= 15 is 0 Å². The third-order valence-electron chi connectivity index (χ3n) is 4.73. The maximum absolute atomic E-state index is 6.08. The van der Waals surface area contributed by atoms with Crippen molar-refractivity contribution in [2.45, 2.75) is 46.1 Å². The average Bonchev–Trinajstić information content (AvgIpc) is 2.68. The number of hydrogen-bond acceptors (Lipinski definition) is 3. The van der Waals surface area contributed by atoms with Gasteiger partial charge >= 0.3 is 0 Å². The van der Waals surface area contributed by atoms with Crippen LogP contribution in [0.15, 0.2) is 48.5 Å². The quantitative estimate of drug-likeness (QED) is 0.531. The Bertz CT molecular complexity index is 636. The van der Waals surface area contributed by atoms with E-state index < -0.39 is 0 Å². The van der Waals surface area contributed by atoms with Gasteiger partial charge in [0, 0.05) is 12.5 Å². The summed E-state index contributed by atoms with van der Waals surface area (Å²) in [6.45, 7) is 9.63. The molecule has 0 bridgehead atoms. The summed E-state index contributed by atoms with van der Waals surface area (Å²) >= 11 is 0. The van der Waals surface area contributed by atoms with E-state index in [2.05, 4.69) is 62.1 Å². The smallest absolute Gasteiger partial charge is 0.161 e. The first kappa shape index (κ1) is 20.3. The molecule has 1 unspecified atom stereocenters. The molecule has 3 heteroatoms. The zero-order chi connectivity index (χ0) is 18.8. The van der Waals surface area contributed by atoms with Crippen LogP contribution < -0.4 is 9.47 Å². The third kappa shape index (κ3) is 5.77. The molecule has 0 heterocycles. The van der Waals surface area contributed by atoms with Crippen LogP contribution in [-0.2, 0) is 6.42 Å². The first-order chi connectivity index (χ1) is 12.7. The molecule has 1 atom stereocenters. The molecule has 2 aromatic rings. The minimum Gasteiger partial charge on any atom is -0.493 e. The third-order valence-corrected chi connectivity index (χ3v) is 4.73. The summed E-state index contributed by atoms with van der Waals surface area (Å²) in [7, 11) is 1.70. The standard InChI is InChI=1S/C23H33NO2/c1-5-15-24(16-6-2)19(3)21-12-13-22(25-4)23(18-21)26-17-14-20-10-8-7-9-11-20/h7-13,18-19H,5-6,14-17H2,1-4H3. The lowest BCUT2D eigenvalue weighted by atomic mass is 10.1. The highest BCUT2D eigenvalue weighted by molar-refractivity contribution is 5.43. The normalized spacial score (nSPS) is 12.2. The second kappa shape index (κ2) is 10.9. The van der Waals surface area contributed by atoms with E-state index in [4.69, 9.17) is 9.47 Å². The fourth-order valence-electron chi connectivity index (χ4n) is 3.27. The van der Waals surface area contributed by atoms with E-state index in [0.717, 1.165) is 31.0 Å². The zero-order valence-electron chi connectivity index (χ0n) is 16.7. The Morgan fingerprint density at radius 1 is 0.923 bits per heavy atom. The van der Waals surface area contributed by atoms with Crippen LogP contribution in [0.3, 0.4) is 0 Å². The minimum atomic E-state index is 0.372. The topological polar surface area (TPSA) is 21.7 Å². The summed E-state index contributed by atoms with van der Waals surface area (Å²) in [4.78, 5) is 2.54. The first-order valence-corrected chi connectivity index (χ1v) is 9.78. The Hall–Kier alpha value is -2.00. The van der Waals surface area contributed by atoms with Gasteiger partial charge in [0.25, 0.3) is 0 Å². The summed E-state index contributed by atoms with van der Waals surface area (Å²) in [5.74, 6) is 1.63. The van der Waals surface area contributed by atoms with Gasteiger partial charge in [-0.15, -0.1) is 0 Å². The van der Waals surface area contributed by atoms with Crippen LogP contribution in [0.5, 0.6) is 11.5 Å². The molecule has 0 saturated carbocycles. The second-order valence-electron chi connectivity index (χ2n) is 6.71. The van der Waals surface area contributed by atoms with Crippen molar-refractivity contribution in [2.24, 2.45) is 0 Å². The maximum atomic E-state index is 6.08. The number of ether oxygens (including phenoxy) is 2. The number of methoxy groups -OCH3 is 1. The highest BCUT2D eigenvalue weighted by Crippen LogP contribution is 2.32. The number of nitrogens with zero attached hydrogens (tertiary/aromatic N) is 1. The lowest BCUT2D eigenvalue weighted by molar-refractivity contribution is 0.210. The van der Waals surface area contributed by atoms with Gasteiger partial charge in [0.15, 0.2) is 11.5 Å². The molecule has 0 radical (unpaired) electrons. The van der Waals surface area contributed by atoms with Crippen LogP contribution in [0.4, 0.5) is 0 Å². The van der Waals surface area contributed by atoms with E-state index in [1.807, 2.05) is 12.1 Å². The van der Waals surface area contributed by atoms with Crippen molar-refractivity contribution >= 4 is 0 Å². The lowest BCUT2D eigenvalue weighted by Crippen LogP contribution is -2.28. The van der Waals surface area contributed by atoms with Crippen molar-refractivity contribution in [3.8, 4) is 11.5 Å². The van der Waals surface area contributed by atoms with Crippen molar-refractivity contribution in [2.75, 3.05) is 26.8 Å². The number of rotatable bonds is 11. The molecule has 0 aliphatic heterocycles. The van der Waals surface area contributed by atoms with Crippen LogP contribution in [0.1, 0.15) is 50.8 Å². The van der Waals surface area contributed by atoms with Gasteiger partial charge in [-0.05, 0) is 56.1 Å². The molecule has 0 amide bonds. The Kier molecular flexibility index (Phi) is 8.49. The molecule has 26 heavy (non-hydrogen) atoms. The van der Waals surface area contributed by atoms with Crippen molar-refractivity contribution < 1.29 is 9.47 Å². The molecule has 0 fully saturated rings. The van der Waals surface area contributed by atoms with Gasteiger partial charge in [0.05, 0.1) is 13.7 Å². The Morgan fingerprint density at radius 2 is 1.62 bits per heavy atom. The van der Waals surface area contributed by atoms with Crippen LogP contribution in [0, 0.1) is 0 Å². The molecule has 0 aliphatic carbocycles. The van der Waals surface area contributed by atoms with Gasteiger partial charge in [-0.25, -0.2) is 0 Å². The van der Waals surface area contributed by atoms with Crippen LogP contribution in [0.2, 0.25) is 0 Å². The molecule has 0 spiro atoms. The Labute approximate surface area is 158 Å². The number of hydrogen-bond donors (Lipinski definition) is 0. The average molecular weight is 356 g/mol. The predicted octanol–water partition coefficient (Wildman–Crippen LogP) is 5.50. The van der Waals surface area contributed by atoms with Crippen molar-refractivity contribution in [1.82, 2.24) is 4.90 Å².